The lowest BCUT2D eigenvalue weighted by molar-refractivity contribution is 0.413. The van der Waals surface area contributed by atoms with E-state index in [-0.39, 0.29) is 0 Å². The summed E-state index contributed by atoms with van der Waals surface area (Å²) in [6.45, 7) is 10.8. The SMILES string of the molecule is CCC.CCc1cc(OC)cc(C(C)C)c1. The Kier molecular flexibility index (Phi) is 7.70. The lowest BCUT2D eigenvalue weighted by Gasteiger charge is -2.10. The van der Waals surface area contributed by atoms with Gasteiger partial charge in [-0.2, -0.15) is 0 Å². The summed E-state index contributed by atoms with van der Waals surface area (Å²) in [6.07, 6.45) is 2.32. The van der Waals surface area contributed by atoms with E-state index in [1.54, 1.807) is 7.11 Å². The first-order valence-corrected chi connectivity index (χ1v) is 6.26. The molecule has 0 radical (unpaired) electrons. The summed E-state index contributed by atoms with van der Waals surface area (Å²) < 4.78 is 5.25. The van der Waals surface area contributed by atoms with Gasteiger partial charge in [0.15, 0.2) is 0 Å². The minimum absolute atomic E-state index is 0.570. The lowest BCUT2D eigenvalue weighted by atomic mass is 9.99. The summed E-state index contributed by atoms with van der Waals surface area (Å²) in [4.78, 5) is 0. The van der Waals surface area contributed by atoms with Crippen molar-refractivity contribution in [3.05, 3.63) is 29.3 Å². The first-order valence-electron chi connectivity index (χ1n) is 6.26. The fourth-order valence-corrected chi connectivity index (χ4v) is 1.34. The first kappa shape index (κ1) is 15.0. The minimum Gasteiger partial charge on any atom is -0.497 e. The van der Waals surface area contributed by atoms with Gasteiger partial charge in [0.25, 0.3) is 0 Å². The van der Waals surface area contributed by atoms with Gasteiger partial charge in [-0.3, -0.25) is 0 Å². The molecule has 1 nitrogen and oxygen atoms in total. The summed E-state index contributed by atoms with van der Waals surface area (Å²) in [5.74, 6) is 1.54. The van der Waals surface area contributed by atoms with Crippen LogP contribution in [0.4, 0.5) is 0 Å². The van der Waals surface area contributed by atoms with E-state index in [0.717, 1.165) is 12.2 Å². The monoisotopic (exact) mass is 222 g/mol. The van der Waals surface area contributed by atoms with Gasteiger partial charge in [0.1, 0.15) is 5.75 Å². The molecule has 1 rings (SSSR count). The van der Waals surface area contributed by atoms with E-state index in [9.17, 15) is 0 Å². The molecule has 1 aromatic rings. The normalized spacial score (nSPS) is 9.69. The Morgan fingerprint density at radius 3 is 2.00 bits per heavy atom. The number of rotatable bonds is 3. The minimum atomic E-state index is 0.570. The van der Waals surface area contributed by atoms with Gasteiger partial charge < -0.3 is 4.74 Å². The molecule has 16 heavy (non-hydrogen) atoms. The molecular formula is C15H26O. The standard InChI is InChI=1S/C12H18O.C3H8/c1-5-10-6-11(9(2)3)8-12(7-10)13-4;1-3-2/h6-9H,5H2,1-4H3;3H2,1-2H3. The van der Waals surface area contributed by atoms with Crippen LogP contribution in [0.15, 0.2) is 18.2 Å². The van der Waals surface area contributed by atoms with E-state index in [1.807, 2.05) is 0 Å². The summed E-state index contributed by atoms with van der Waals surface area (Å²) in [5, 5.41) is 0. The highest BCUT2D eigenvalue weighted by Crippen LogP contribution is 2.22. The maximum Gasteiger partial charge on any atom is 0.119 e. The van der Waals surface area contributed by atoms with Crippen LogP contribution in [0.25, 0.3) is 0 Å². The average molecular weight is 222 g/mol. The molecule has 0 saturated carbocycles. The number of hydrogen-bond acceptors (Lipinski definition) is 1. The fraction of sp³-hybridized carbons (Fsp3) is 0.600. The topological polar surface area (TPSA) is 9.23 Å². The van der Waals surface area contributed by atoms with E-state index < -0.39 is 0 Å². The van der Waals surface area contributed by atoms with Gasteiger partial charge in [0.2, 0.25) is 0 Å². The molecule has 0 amide bonds. The number of methoxy groups -OCH3 is 1. The molecule has 0 heterocycles. The van der Waals surface area contributed by atoms with Crippen LogP contribution >= 0.6 is 0 Å². The summed E-state index contributed by atoms with van der Waals surface area (Å²) in [5.41, 5.74) is 2.71. The smallest absolute Gasteiger partial charge is 0.119 e. The number of ether oxygens (including phenoxy) is 1. The zero-order valence-corrected chi connectivity index (χ0v) is 11.6. The third-order valence-corrected chi connectivity index (χ3v) is 2.30. The Hall–Kier alpha value is -0.980. The lowest BCUT2D eigenvalue weighted by Crippen LogP contribution is -1.93. The molecule has 0 unspecified atom stereocenters. The van der Waals surface area contributed by atoms with Crippen molar-refractivity contribution in [3.63, 3.8) is 0 Å². The Bertz CT molecular complexity index is 267. The number of benzene rings is 1. The molecule has 0 spiro atoms. The van der Waals surface area contributed by atoms with Crippen LogP contribution in [0, 0.1) is 0 Å². The quantitative estimate of drug-likeness (QED) is 0.714. The molecule has 0 atom stereocenters. The van der Waals surface area contributed by atoms with Crippen molar-refractivity contribution in [2.75, 3.05) is 7.11 Å². The van der Waals surface area contributed by atoms with E-state index >= 15 is 0 Å². The van der Waals surface area contributed by atoms with Gasteiger partial charge in [-0.15, -0.1) is 0 Å². The third-order valence-electron chi connectivity index (χ3n) is 2.30. The highest BCUT2D eigenvalue weighted by atomic mass is 16.5. The molecule has 0 aliphatic carbocycles. The van der Waals surface area contributed by atoms with E-state index in [1.165, 1.54) is 17.5 Å². The van der Waals surface area contributed by atoms with Gasteiger partial charge in [0, 0.05) is 0 Å². The highest BCUT2D eigenvalue weighted by molar-refractivity contribution is 5.35. The van der Waals surface area contributed by atoms with Crippen molar-refractivity contribution in [1.29, 1.82) is 0 Å². The highest BCUT2D eigenvalue weighted by Gasteiger charge is 2.03. The summed E-state index contributed by atoms with van der Waals surface area (Å²) >= 11 is 0. The average Bonchev–Trinajstić information content (AvgIpc) is 2.29. The second kappa shape index (κ2) is 8.20. The van der Waals surface area contributed by atoms with Crippen LogP contribution in [0.1, 0.15) is 58.1 Å². The molecule has 0 aliphatic rings. The fourth-order valence-electron chi connectivity index (χ4n) is 1.34. The number of hydrogen-bond donors (Lipinski definition) is 0. The zero-order chi connectivity index (χ0) is 12.6. The van der Waals surface area contributed by atoms with Gasteiger partial charge in [-0.05, 0) is 35.6 Å². The zero-order valence-electron chi connectivity index (χ0n) is 11.6. The Labute approximate surface area is 101 Å². The van der Waals surface area contributed by atoms with Gasteiger partial charge in [-0.25, -0.2) is 0 Å². The molecule has 0 N–H and O–H groups in total. The molecule has 92 valence electrons. The van der Waals surface area contributed by atoms with Crippen molar-refractivity contribution in [2.45, 2.75) is 53.4 Å². The van der Waals surface area contributed by atoms with Gasteiger partial charge in [0.05, 0.1) is 7.11 Å². The third kappa shape index (κ3) is 5.20. The van der Waals surface area contributed by atoms with E-state index in [2.05, 4.69) is 52.8 Å². The predicted octanol–water partition coefficient (Wildman–Crippen LogP) is 4.80. The van der Waals surface area contributed by atoms with Gasteiger partial charge in [-0.1, -0.05) is 47.1 Å². The Morgan fingerprint density at radius 1 is 1.06 bits per heavy atom. The molecule has 0 bridgehead atoms. The predicted molar refractivity (Wildman–Crippen MR) is 72.4 cm³/mol. The Morgan fingerprint density at radius 2 is 1.62 bits per heavy atom. The van der Waals surface area contributed by atoms with Crippen LogP contribution in [-0.2, 0) is 6.42 Å². The van der Waals surface area contributed by atoms with Crippen LogP contribution in [-0.4, -0.2) is 7.11 Å². The molecule has 1 aromatic carbocycles. The second-order valence-electron chi connectivity index (χ2n) is 4.33. The largest absolute Gasteiger partial charge is 0.497 e. The maximum atomic E-state index is 5.25. The van der Waals surface area contributed by atoms with E-state index in [0.29, 0.717) is 5.92 Å². The molecule has 0 saturated heterocycles. The summed E-state index contributed by atoms with van der Waals surface area (Å²) in [7, 11) is 1.72. The van der Waals surface area contributed by atoms with Gasteiger partial charge >= 0.3 is 0 Å². The first-order chi connectivity index (χ1) is 7.58. The van der Waals surface area contributed by atoms with Crippen molar-refractivity contribution < 1.29 is 4.74 Å². The molecular weight excluding hydrogens is 196 g/mol. The van der Waals surface area contributed by atoms with Crippen LogP contribution in [0.5, 0.6) is 5.75 Å². The maximum absolute atomic E-state index is 5.25. The van der Waals surface area contributed by atoms with Crippen molar-refractivity contribution in [1.82, 2.24) is 0 Å². The van der Waals surface area contributed by atoms with Crippen molar-refractivity contribution >= 4 is 0 Å². The summed E-state index contributed by atoms with van der Waals surface area (Å²) in [6, 6.07) is 6.48. The number of aryl methyl sites for hydroxylation is 1. The second-order valence-corrected chi connectivity index (χ2v) is 4.33. The Balaban J connectivity index is 0.000000673. The van der Waals surface area contributed by atoms with Crippen LogP contribution in [0.3, 0.4) is 0 Å². The van der Waals surface area contributed by atoms with Crippen LogP contribution in [0.2, 0.25) is 0 Å². The van der Waals surface area contributed by atoms with Crippen molar-refractivity contribution in [2.24, 2.45) is 0 Å². The molecule has 0 fully saturated rings. The van der Waals surface area contributed by atoms with E-state index in [4.69, 9.17) is 4.74 Å². The van der Waals surface area contributed by atoms with Crippen LogP contribution < -0.4 is 4.74 Å². The van der Waals surface area contributed by atoms with Crippen molar-refractivity contribution in [3.8, 4) is 5.75 Å². The molecule has 1 heteroatoms. The molecule has 0 aromatic heterocycles. The molecule has 0 aliphatic heterocycles.